The second-order valence-electron chi connectivity index (χ2n) is 4.58. The molecule has 1 aromatic carbocycles. The lowest BCUT2D eigenvalue weighted by atomic mass is 9.95. The number of esters is 1. The lowest BCUT2D eigenvalue weighted by molar-refractivity contribution is -0.136. The highest BCUT2D eigenvalue weighted by atomic mass is 16.5. The molecule has 0 aliphatic rings. The number of hydrogen-bond donors (Lipinski definition) is 0. The summed E-state index contributed by atoms with van der Waals surface area (Å²) in [7, 11) is 2.93. The maximum Gasteiger partial charge on any atom is 0.337 e. The molecule has 1 rings (SSSR count). The zero-order valence-corrected chi connectivity index (χ0v) is 11.9. The van der Waals surface area contributed by atoms with Crippen LogP contribution in [0.15, 0.2) is 42.2 Å². The van der Waals surface area contributed by atoms with E-state index < -0.39 is 0 Å². The van der Waals surface area contributed by atoms with Crippen molar-refractivity contribution in [3.05, 3.63) is 47.7 Å². The monoisotopic (exact) mass is 262 g/mol. The highest BCUT2D eigenvalue weighted by Gasteiger charge is 2.17. The first-order valence-corrected chi connectivity index (χ1v) is 6.54. The van der Waals surface area contributed by atoms with Crippen LogP contribution in [0.3, 0.4) is 0 Å². The lowest BCUT2D eigenvalue weighted by Gasteiger charge is -2.13. The molecule has 0 aliphatic carbocycles. The van der Waals surface area contributed by atoms with Crippen molar-refractivity contribution in [1.82, 2.24) is 0 Å². The van der Waals surface area contributed by atoms with Gasteiger partial charge in [0.05, 0.1) is 26.1 Å². The van der Waals surface area contributed by atoms with Crippen molar-refractivity contribution in [2.45, 2.75) is 26.2 Å². The quantitative estimate of drug-likeness (QED) is 0.429. The van der Waals surface area contributed by atoms with E-state index in [9.17, 15) is 4.79 Å². The van der Waals surface area contributed by atoms with Gasteiger partial charge >= 0.3 is 5.97 Å². The summed E-state index contributed by atoms with van der Waals surface area (Å²) in [5, 5.41) is 0. The molecular formula is C16H22O3. The summed E-state index contributed by atoms with van der Waals surface area (Å²) in [6.45, 7) is 2.02. The minimum Gasteiger partial charge on any atom is -0.504 e. The zero-order chi connectivity index (χ0) is 14.1. The molecule has 1 atom stereocenters. The van der Waals surface area contributed by atoms with E-state index in [4.69, 9.17) is 9.47 Å². The van der Waals surface area contributed by atoms with Crippen molar-refractivity contribution in [2.24, 2.45) is 5.92 Å². The summed E-state index contributed by atoms with van der Waals surface area (Å²) in [6.07, 6.45) is 4.47. The van der Waals surface area contributed by atoms with Gasteiger partial charge in [-0.2, -0.15) is 0 Å². The molecule has 0 heterocycles. The third-order valence-corrected chi connectivity index (χ3v) is 3.14. The largest absolute Gasteiger partial charge is 0.504 e. The van der Waals surface area contributed by atoms with Gasteiger partial charge < -0.3 is 9.47 Å². The summed E-state index contributed by atoms with van der Waals surface area (Å²) in [5.41, 5.74) is 1.92. The molecule has 1 unspecified atom stereocenters. The number of carbonyl (C=O) groups is 1. The van der Waals surface area contributed by atoms with Crippen LogP contribution >= 0.6 is 0 Å². The average Bonchev–Trinajstić information content (AvgIpc) is 2.45. The molecule has 0 radical (unpaired) electrons. The molecule has 3 nitrogen and oxygen atoms in total. The molecule has 0 aliphatic heterocycles. The van der Waals surface area contributed by atoms with Crippen LogP contribution in [-0.4, -0.2) is 20.2 Å². The predicted octanol–water partition coefficient (Wildman–Crippen LogP) is 3.35. The second kappa shape index (κ2) is 8.35. The van der Waals surface area contributed by atoms with Gasteiger partial charge in [-0.15, -0.1) is 0 Å². The normalized spacial score (nSPS) is 12.9. The van der Waals surface area contributed by atoms with Gasteiger partial charge in [-0.25, -0.2) is 4.79 Å². The van der Waals surface area contributed by atoms with E-state index in [2.05, 4.69) is 12.1 Å². The van der Waals surface area contributed by atoms with E-state index >= 15 is 0 Å². The summed E-state index contributed by atoms with van der Waals surface area (Å²) >= 11 is 0. The Labute approximate surface area is 115 Å². The van der Waals surface area contributed by atoms with Crippen LogP contribution in [0.1, 0.15) is 25.3 Å². The number of carbonyl (C=O) groups excluding carboxylic acids is 1. The standard InChI is InChI=1S/C16H22O3/c1-13(15(12-18-2)16(17)19-3)8-7-11-14-9-5-4-6-10-14/h4-6,9-10,12-13H,7-8,11H2,1-3H3/b15-12+. The first-order valence-electron chi connectivity index (χ1n) is 6.54. The molecule has 0 fully saturated rings. The van der Waals surface area contributed by atoms with E-state index in [0.29, 0.717) is 5.57 Å². The second-order valence-corrected chi connectivity index (χ2v) is 4.58. The molecule has 3 heteroatoms. The van der Waals surface area contributed by atoms with Gasteiger partial charge in [0.1, 0.15) is 0 Å². The Morgan fingerprint density at radius 3 is 2.53 bits per heavy atom. The number of ether oxygens (including phenoxy) is 2. The summed E-state index contributed by atoms with van der Waals surface area (Å²) in [4.78, 5) is 11.6. The average molecular weight is 262 g/mol. The van der Waals surface area contributed by atoms with Crippen molar-refractivity contribution in [3.8, 4) is 0 Å². The number of rotatable bonds is 7. The topological polar surface area (TPSA) is 35.5 Å². The van der Waals surface area contributed by atoms with Gasteiger partial charge in [-0.3, -0.25) is 0 Å². The van der Waals surface area contributed by atoms with Gasteiger partial charge in [0.2, 0.25) is 0 Å². The van der Waals surface area contributed by atoms with Crippen LogP contribution in [0.2, 0.25) is 0 Å². The van der Waals surface area contributed by atoms with E-state index in [1.807, 2.05) is 25.1 Å². The van der Waals surface area contributed by atoms with Gasteiger partial charge in [-0.05, 0) is 30.7 Å². The van der Waals surface area contributed by atoms with Crippen molar-refractivity contribution < 1.29 is 14.3 Å². The molecule has 0 spiro atoms. The van der Waals surface area contributed by atoms with Crippen LogP contribution in [0.25, 0.3) is 0 Å². The van der Waals surface area contributed by atoms with E-state index in [-0.39, 0.29) is 11.9 Å². The first-order chi connectivity index (χ1) is 9.19. The number of hydrogen-bond acceptors (Lipinski definition) is 3. The van der Waals surface area contributed by atoms with Gasteiger partial charge in [0.25, 0.3) is 0 Å². The number of benzene rings is 1. The number of methoxy groups -OCH3 is 2. The number of aryl methyl sites for hydroxylation is 1. The molecule has 0 saturated heterocycles. The Balaban J connectivity index is 2.47. The minimum atomic E-state index is -0.311. The molecular weight excluding hydrogens is 240 g/mol. The van der Waals surface area contributed by atoms with Gasteiger partial charge in [0.15, 0.2) is 0 Å². The molecule has 0 N–H and O–H groups in total. The molecule has 0 aromatic heterocycles. The Bertz CT molecular complexity index is 409. The fourth-order valence-corrected chi connectivity index (χ4v) is 2.02. The highest BCUT2D eigenvalue weighted by molar-refractivity contribution is 5.88. The molecule has 0 amide bonds. The molecule has 1 aromatic rings. The van der Waals surface area contributed by atoms with Crippen molar-refractivity contribution in [2.75, 3.05) is 14.2 Å². The fraction of sp³-hybridized carbons (Fsp3) is 0.438. The van der Waals surface area contributed by atoms with E-state index in [1.54, 1.807) is 7.11 Å². The van der Waals surface area contributed by atoms with Gasteiger partial charge in [0, 0.05) is 0 Å². The van der Waals surface area contributed by atoms with Crippen LogP contribution in [-0.2, 0) is 20.7 Å². The van der Waals surface area contributed by atoms with Crippen molar-refractivity contribution in [1.29, 1.82) is 0 Å². The predicted molar refractivity (Wildman–Crippen MR) is 75.7 cm³/mol. The van der Waals surface area contributed by atoms with Crippen LogP contribution in [0, 0.1) is 5.92 Å². The SMILES string of the molecule is CO/C=C(/C(=O)OC)C(C)CCCc1ccccc1. The molecule has 0 bridgehead atoms. The Morgan fingerprint density at radius 2 is 1.95 bits per heavy atom. The summed E-state index contributed by atoms with van der Waals surface area (Å²) < 4.78 is 9.71. The van der Waals surface area contributed by atoms with Crippen molar-refractivity contribution in [3.63, 3.8) is 0 Å². The maximum atomic E-state index is 11.6. The Kier molecular flexibility index (Phi) is 6.72. The summed E-state index contributed by atoms with van der Waals surface area (Å²) in [5.74, 6) is -0.176. The van der Waals surface area contributed by atoms with Crippen molar-refractivity contribution >= 4 is 5.97 Å². The zero-order valence-electron chi connectivity index (χ0n) is 11.9. The van der Waals surface area contributed by atoms with Crippen LogP contribution < -0.4 is 0 Å². The Hall–Kier alpha value is -1.77. The smallest absolute Gasteiger partial charge is 0.337 e. The van der Waals surface area contributed by atoms with E-state index in [0.717, 1.165) is 19.3 Å². The third kappa shape index (κ3) is 5.16. The minimum absolute atomic E-state index is 0.135. The molecule has 0 saturated carbocycles. The highest BCUT2D eigenvalue weighted by Crippen LogP contribution is 2.19. The van der Waals surface area contributed by atoms with Gasteiger partial charge in [-0.1, -0.05) is 37.3 Å². The Morgan fingerprint density at radius 1 is 1.26 bits per heavy atom. The third-order valence-electron chi connectivity index (χ3n) is 3.14. The maximum absolute atomic E-state index is 11.6. The fourth-order valence-electron chi connectivity index (χ4n) is 2.02. The van der Waals surface area contributed by atoms with E-state index in [1.165, 1.54) is 18.9 Å². The van der Waals surface area contributed by atoms with Crippen LogP contribution in [0.4, 0.5) is 0 Å². The van der Waals surface area contributed by atoms with Crippen LogP contribution in [0.5, 0.6) is 0 Å². The first kappa shape index (κ1) is 15.3. The summed E-state index contributed by atoms with van der Waals surface area (Å²) in [6, 6.07) is 10.4. The lowest BCUT2D eigenvalue weighted by Crippen LogP contribution is -2.13. The molecule has 104 valence electrons. The molecule has 19 heavy (non-hydrogen) atoms.